The molecular formula is C12H17ClN2S. The smallest absolute Gasteiger partial charge is 0.0642 e. The number of nitrogens with zero attached hydrogens (tertiary/aromatic N) is 1. The van der Waals surface area contributed by atoms with Gasteiger partial charge in [-0.25, -0.2) is 0 Å². The second kappa shape index (κ2) is 5.80. The summed E-state index contributed by atoms with van der Waals surface area (Å²) in [6.45, 7) is 3.08. The predicted octanol–water partition coefficient (Wildman–Crippen LogP) is 2.61. The van der Waals surface area contributed by atoms with Crippen LogP contribution in [0.2, 0.25) is 5.02 Å². The van der Waals surface area contributed by atoms with Crippen LogP contribution in [0.3, 0.4) is 0 Å². The van der Waals surface area contributed by atoms with Crippen molar-refractivity contribution in [1.29, 1.82) is 0 Å². The van der Waals surface area contributed by atoms with Gasteiger partial charge in [0.1, 0.15) is 0 Å². The summed E-state index contributed by atoms with van der Waals surface area (Å²) in [5.74, 6) is 2.40. The lowest BCUT2D eigenvalue weighted by molar-refractivity contribution is 0.794. The van der Waals surface area contributed by atoms with Crippen molar-refractivity contribution >= 4 is 29.1 Å². The maximum absolute atomic E-state index is 6.32. The van der Waals surface area contributed by atoms with Crippen molar-refractivity contribution < 1.29 is 0 Å². The minimum atomic E-state index is 0.875. The van der Waals surface area contributed by atoms with E-state index in [0.717, 1.165) is 24.7 Å². The summed E-state index contributed by atoms with van der Waals surface area (Å²) in [5, 5.41) is 4.07. The SMILES string of the molecule is CNCc1cccc(Cl)c1N1CCSCC1. The third kappa shape index (κ3) is 2.65. The molecule has 4 heteroatoms. The molecule has 1 aliphatic rings. The van der Waals surface area contributed by atoms with Gasteiger partial charge in [-0.2, -0.15) is 11.8 Å². The molecule has 1 aliphatic heterocycles. The zero-order valence-electron chi connectivity index (χ0n) is 9.50. The largest absolute Gasteiger partial charge is 0.368 e. The van der Waals surface area contributed by atoms with Crippen LogP contribution in [0.4, 0.5) is 5.69 Å². The van der Waals surface area contributed by atoms with Crippen LogP contribution in [0.15, 0.2) is 18.2 Å². The summed E-state index contributed by atoms with van der Waals surface area (Å²) in [4.78, 5) is 2.41. The molecule has 1 heterocycles. The van der Waals surface area contributed by atoms with E-state index >= 15 is 0 Å². The fraction of sp³-hybridized carbons (Fsp3) is 0.500. The van der Waals surface area contributed by atoms with Gasteiger partial charge in [0.25, 0.3) is 0 Å². The second-order valence-corrected chi connectivity index (χ2v) is 5.51. The van der Waals surface area contributed by atoms with Crippen LogP contribution in [0.5, 0.6) is 0 Å². The van der Waals surface area contributed by atoms with E-state index in [0.29, 0.717) is 0 Å². The topological polar surface area (TPSA) is 15.3 Å². The minimum absolute atomic E-state index is 0.875. The monoisotopic (exact) mass is 256 g/mol. The molecular weight excluding hydrogens is 240 g/mol. The first-order valence-corrected chi connectivity index (χ1v) is 7.11. The summed E-state index contributed by atoms with van der Waals surface area (Å²) in [5.41, 5.74) is 2.51. The van der Waals surface area contributed by atoms with Crippen molar-refractivity contribution in [2.24, 2.45) is 0 Å². The molecule has 0 amide bonds. The summed E-state index contributed by atoms with van der Waals surface area (Å²) in [7, 11) is 1.97. The van der Waals surface area contributed by atoms with Crippen LogP contribution >= 0.6 is 23.4 Å². The number of rotatable bonds is 3. The van der Waals surface area contributed by atoms with Crippen LogP contribution in [-0.4, -0.2) is 31.6 Å². The molecule has 16 heavy (non-hydrogen) atoms. The Balaban J connectivity index is 2.28. The summed E-state index contributed by atoms with van der Waals surface area (Å²) in [6.07, 6.45) is 0. The van der Waals surface area contributed by atoms with Gasteiger partial charge in [-0.05, 0) is 18.7 Å². The average Bonchev–Trinajstić information content (AvgIpc) is 2.31. The summed E-state index contributed by atoms with van der Waals surface area (Å²) >= 11 is 8.34. The van der Waals surface area contributed by atoms with Crippen LogP contribution < -0.4 is 10.2 Å². The van der Waals surface area contributed by atoms with Crippen LogP contribution in [0, 0.1) is 0 Å². The van der Waals surface area contributed by atoms with Gasteiger partial charge in [-0.15, -0.1) is 0 Å². The molecule has 1 saturated heterocycles. The number of para-hydroxylation sites is 1. The minimum Gasteiger partial charge on any atom is -0.368 e. The molecule has 1 aromatic rings. The lowest BCUT2D eigenvalue weighted by Crippen LogP contribution is -2.33. The average molecular weight is 257 g/mol. The fourth-order valence-electron chi connectivity index (χ4n) is 2.03. The third-order valence-electron chi connectivity index (χ3n) is 2.76. The highest BCUT2D eigenvalue weighted by Crippen LogP contribution is 2.31. The molecule has 2 rings (SSSR count). The lowest BCUT2D eigenvalue weighted by Gasteiger charge is -2.31. The molecule has 1 fully saturated rings. The van der Waals surface area contributed by atoms with Crippen LogP contribution in [0.25, 0.3) is 0 Å². The normalized spacial score (nSPS) is 16.5. The first-order valence-electron chi connectivity index (χ1n) is 5.57. The zero-order chi connectivity index (χ0) is 11.4. The van der Waals surface area contributed by atoms with Crippen molar-refractivity contribution in [3.63, 3.8) is 0 Å². The van der Waals surface area contributed by atoms with Crippen molar-refractivity contribution in [3.05, 3.63) is 28.8 Å². The third-order valence-corrected chi connectivity index (χ3v) is 4.01. The number of halogens is 1. The highest BCUT2D eigenvalue weighted by Gasteiger charge is 2.16. The fourth-order valence-corrected chi connectivity index (χ4v) is 3.25. The van der Waals surface area contributed by atoms with Crippen LogP contribution in [0.1, 0.15) is 5.56 Å². The molecule has 1 aromatic carbocycles. The number of anilines is 1. The lowest BCUT2D eigenvalue weighted by atomic mass is 10.1. The molecule has 0 unspecified atom stereocenters. The van der Waals surface area contributed by atoms with E-state index in [4.69, 9.17) is 11.6 Å². The Labute approximate surface area is 106 Å². The highest BCUT2D eigenvalue weighted by molar-refractivity contribution is 7.99. The van der Waals surface area contributed by atoms with E-state index in [1.54, 1.807) is 0 Å². The van der Waals surface area contributed by atoms with E-state index in [-0.39, 0.29) is 0 Å². The molecule has 0 atom stereocenters. The Morgan fingerprint density at radius 2 is 2.12 bits per heavy atom. The Hall–Kier alpha value is -0.380. The number of hydrogen-bond acceptors (Lipinski definition) is 3. The molecule has 0 aromatic heterocycles. The van der Waals surface area contributed by atoms with E-state index < -0.39 is 0 Å². The molecule has 88 valence electrons. The maximum Gasteiger partial charge on any atom is 0.0642 e. The van der Waals surface area contributed by atoms with E-state index in [2.05, 4.69) is 16.3 Å². The van der Waals surface area contributed by atoms with Gasteiger partial charge in [0.15, 0.2) is 0 Å². The standard InChI is InChI=1S/C12H17ClN2S/c1-14-9-10-3-2-4-11(13)12(10)15-5-7-16-8-6-15/h2-4,14H,5-9H2,1H3. The molecule has 1 N–H and O–H groups in total. The Morgan fingerprint density at radius 1 is 1.38 bits per heavy atom. The second-order valence-electron chi connectivity index (χ2n) is 3.88. The Bertz CT molecular complexity index is 351. The molecule has 0 saturated carbocycles. The summed E-state index contributed by atoms with van der Waals surface area (Å²) < 4.78 is 0. The summed E-state index contributed by atoms with van der Waals surface area (Å²) in [6, 6.07) is 6.16. The maximum atomic E-state index is 6.32. The van der Waals surface area contributed by atoms with Crippen molar-refractivity contribution in [3.8, 4) is 0 Å². The quantitative estimate of drug-likeness (QED) is 0.895. The predicted molar refractivity (Wildman–Crippen MR) is 73.8 cm³/mol. The molecule has 0 spiro atoms. The van der Waals surface area contributed by atoms with Gasteiger partial charge in [0, 0.05) is 31.1 Å². The van der Waals surface area contributed by atoms with Gasteiger partial charge >= 0.3 is 0 Å². The molecule has 2 nitrogen and oxygen atoms in total. The first kappa shape index (κ1) is 12.1. The van der Waals surface area contributed by atoms with E-state index in [1.807, 2.05) is 30.9 Å². The first-order chi connectivity index (χ1) is 7.83. The van der Waals surface area contributed by atoms with Gasteiger partial charge in [0.05, 0.1) is 10.7 Å². The van der Waals surface area contributed by atoms with Crippen LogP contribution in [-0.2, 0) is 6.54 Å². The Morgan fingerprint density at radius 3 is 2.81 bits per heavy atom. The number of thioether (sulfide) groups is 1. The highest BCUT2D eigenvalue weighted by atomic mass is 35.5. The van der Waals surface area contributed by atoms with Gasteiger partial charge < -0.3 is 10.2 Å². The van der Waals surface area contributed by atoms with Gasteiger partial charge in [0.2, 0.25) is 0 Å². The van der Waals surface area contributed by atoms with Crippen molar-refractivity contribution in [1.82, 2.24) is 5.32 Å². The molecule has 0 radical (unpaired) electrons. The Kier molecular flexibility index (Phi) is 4.38. The van der Waals surface area contributed by atoms with Crippen molar-refractivity contribution in [2.45, 2.75) is 6.54 Å². The van der Waals surface area contributed by atoms with Gasteiger partial charge in [-0.3, -0.25) is 0 Å². The van der Waals surface area contributed by atoms with Gasteiger partial charge in [-0.1, -0.05) is 23.7 Å². The molecule has 0 bridgehead atoms. The number of nitrogens with one attached hydrogen (secondary N) is 1. The number of benzene rings is 1. The van der Waals surface area contributed by atoms with Crippen molar-refractivity contribution in [2.75, 3.05) is 36.5 Å². The van der Waals surface area contributed by atoms with E-state index in [1.165, 1.54) is 22.8 Å². The number of hydrogen-bond donors (Lipinski definition) is 1. The molecule has 0 aliphatic carbocycles. The van der Waals surface area contributed by atoms with E-state index in [9.17, 15) is 0 Å². The zero-order valence-corrected chi connectivity index (χ0v) is 11.1.